The fourth-order valence-electron chi connectivity index (χ4n) is 1.33. The molecule has 0 saturated carbocycles. The predicted molar refractivity (Wildman–Crippen MR) is 60.7 cm³/mol. The van der Waals surface area contributed by atoms with Gasteiger partial charge in [0.15, 0.2) is 11.5 Å². The van der Waals surface area contributed by atoms with E-state index in [1.165, 1.54) is 6.08 Å². The second kappa shape index (κ2) is 5.66. The lowest BCUT2D eigenvalue weighted by Crippen LogP contribution is -1.95. The van der Waals surface area contributed by atoms with E-state index in [4.69, 9.17) is 19.5 Å². The van der Waals surface area contributed by atoms with Crippen LogP contribution in [0.25, 0.3) is 6.08 Å². The van der Waals surface area contributed by atoms with Gasteiger partial charge in [0.25, 0.3) is 0 Å². The molecular formula is C12H13NO3. The molecule has 4 heteroatoms. The van der Waals surface area contributed by atoms with Crippen molar-refractivity contribution < 1.29 is 14.2 Å². The van der Waals surface area contributed by atoms with Crippen molar-refractivity contribution in [2.45, 2.75) is 0 Å². The molecule has 16 heavy (non-hydrogen) atoms. The van der Waals surface area contributed by atoms with Crippen molar-refractivity contribution in [3.8, 4) is 23.3 Å². The average Bonchev–Trinajstić information content (AvgIpc) is 2.34. The molecule has 0 aliphatic carbocycles. The highest BCUT2D eigenvalue weighted by atomic mass is 16.5. The quantitative estimate of drug-likeness (QED) is 0.729. The number of benzene rings is 1. The lowest BCUT2D eigenvalue weighted by atomic mass is 10.1. The summed E-state index contributed by atoms with van der Waals surface area (Å²) >= 11 is 0. The van der Waals surface area contributed by atoms with Gasteiger partial charge >= 0.3 is 0 Å². The highest BCUT2D eigenvalue weighted by Gasteiger charge is 2.11. The van der Waals surface area contributed by atoms with E-state index in [2.05, 4.69) is 0 Å². The van der Waals surface area contributed by atoms with Crippen LogP contribution in [0.1, 0.15) is 5.56 Å². The molecular weight excluding hydrogens is 206 g/mol. The van der Waals surface area contributed by atoms with Gasteiger partial charge in [-0.25, -0.2) is 0 Å². The van der Waals surface area contributed by atoms with Crippen LogP contribution in [0, 0.1) is 11.3 Å². The molecule has 0 fully saturated rings. The van der Waals surface area contributed by atoms with Crippen molar-refractivity contribution in [3.05, 3.63) is 23.8 Å². The first-order valence-corrected chi connectivity index (χ1v) is 4.63. The summed E-state index contributed by atoms with van der Waals surface area (Å²) in [7, 11) is 4.65. The second-order valence-corrected chi connectivity index (χ2v) is 2.92. The summed E-state index contributed by atoms with van der Waals surface area (Å²) in [5.74, 6) is 1.68. The SMILES string of the molecule is COc1cc(/C=C/C#N)cc(OC)c1OC. The van der Waals surface area contributed by atoms with Crippen LogP contribution in [0.3, 0.4) is 0 Å². The van der Waals surface area contributed by atoms with Crippen LogP contribution in [-0.4, -0.2) is 21.3 Å². The Balaban J connectivity index is 3.26. The number of methoxy groups -OCH3 is 3. The lowest BCUT2D eigenvalue weighted by Gasteiger charge is -2.12. The minimum atomic E-state index is 0.541. The summed E-state index contributed by atoms with van der Waals surface area (Å²) in [6.45, 7) is 0. The number of nitrogens with zero attached hydrogens (tertiary/aromatic N) is 1. The molecule has 0 radical (unpaired) electrons. The molecule has 0 spiro atoms. The Labute approximate surface area is 94.7 Å². The lowest BCUT2D eigenvalue weighted by molar-refractivity contribution is 0.324. The zero-order valence-electron chi connectivity index (χ0n) is 9.48. The third-order valence-electron chi connectivity index (χ3n) is 2.04. The standard InChI is InChI=1S/C12H13NO3/c1-14-10-7-9(5-4-6-13)8-11(15-2)12(10)16-3/h4-5,7-8H,1-3H3/b5-4+. The molecule has 4 nitrogen and oxygen atoms in total. The van der Waals surface area contributed by atoms with E-state index < -0.39 is 0 Å². The van der Waals surface area contributed by atoms with Crippen LogP contribution in [0.5, 0.6) is 17.2 Å². The van der Waals surface area contributed by atoms with E-state index >= 15 is 0 Å². The summed E-state index contributed by atoms with van der Waals surface area (Å²) in [6, 6.07) is 5.47. The van der Waals surface area contributed by atoms with Crippen LogP contribution in [0.4, 0.5) is 0 Å². The molecule has 0 aromatic heterocycles. The van der Waals surface area contributed by atoms with Gasteiger partial charge in [-0.15, -0.1) is 0 Å². The number of rotatable bonds is 4. The van der Waals surface area contributed by atoms with Gasteiger partial charge in [-0.05, 0) is 23.8 Å². The summed E-state index contributed by atoms with van der Waals surface area (Å²) in [4.78, 5) is 0. The van der Waals surface area contributed by atoms with Crippen LogP contribution in [0.15, 0.2) is 18.2 Å². The minimum absolute atomic E-state index is 0.541. The highest BCUT2D eigenvalue weighted by Crippen LogP contribution is 2.38. The van der Waals surface area contributed by atoms with E-state index in [1.54, 1.807) is 39.5 Å². The fourth-order valence-corrected chi connectivity index (χ4v) is 1.33. The monoisotopic (exact) mass is 219 g/mol. The molecule has 0 aliphatic heterocycles. The molecule has 0 amide bonds. The normalized spacial score (nSPS) is 9.88. The van der Waals surface area contributed by atoms with Crippen molar-refractivity contribution in [1.29, 1.82) is 5.26 Å². The topological polar surface area (TPSA) is 51.5 Å². The fraction of sp³-hybridized carbons (Fsp3) is 0.250. The maximum absolute atomic E-state index is 8.46. The van der Waals surface area contributed by atoms with Gasteiger partial charge in [0.05, 0.1) is 27.4 Å². The first-order valence-electron chi connectivity index (χ1n) is 4.63. The third kappa shape index (κ3) is 2.45. The molecule has 0 N–H and O–H groups in total. The summed E-state index contributed by atoms with van der Waals surface area (Å²) in [6.07, 6.45) is 3.06. The summed E-state index contributed by atoms with van der Waals surface area (Å²) in [5, 5.41) is 8.46. The Morgan fingerprint density at radius 1 is 1.06 bits per heavy atom. The average molecular weight is 219 g/mol. The molecule has 0 aliphatic rings. The molecule has 0 bridgehead atoms. The molecule has 0 heterocycles. The molecule has 1 aromatic carbocycles. The number of hydrogen-bond donors (Lipinski definition) is 0. The van der Waals surface area contributed by atoms with E-state index in [-0.39, 0.29) is 0 Å². The van der Waals surface area contributed by atoms with Crippen molar-refractivity contribution in [1.82, 2.24) is 0 Å². The molecule has 0 atom stereocenters. The Kier molecular flexibility index (Phi) is 4.22. The number of allylic oxidation sites excluding steroid dienone is 1. The zero-order valence-corrected chi connectivity index (χ0v) is 9.48. The maximum Gasteiger partial charge on any atom is 0.203 e. The van der Waals surface area contributed by atoms with Crippen LogP contribution >= 0.6 is 0 Å². The van der Waals surface area contributed by atoms with Crippen LogP contribution in [-0.2, 0) is 0 Å². The number of hydrogen-bond acceptors (Lipinski definition) is 4. The first-order chi connectivity index (χ1) is 7.76. The molecule has 1 rings (SSSR count). The molecule has 1 aromatic rings. The largest absolute Gasteiger partial charge is 0.493 e. The van der Waals surface area contributed by atoms with Gasteiger partial charge in [0.1, 0.15) is 0 Å². The summed E-state index contributed by atoms with van der Waals surface area (Å²) < 4.78 is 15.5. The highest BCUT2D eigenvalue weighted by molar-refractivity contribution is 5.62. The second-order valence-electron chi connectivity index (χ2n) is 2.92. The van der Waals surface area contributed by atoms with Gasteiger partial charge in [-0.3, -0.25) is 0 Å². The smallest absolute Gasteiger partial charge is 0.203 e. The predicted octanol–water partition coefficient (Wildman–Crippen LogP) is 2.25. The Bertz CT molecular complexity index is 407. The van der Waals surface area contributed by atoms with E-state index in [1.807, 2.05) is 6.07 Å². The minimum Gasteiger partial charge on any atom is -0.493 e. The number of nitriles is 1. The van der Waals surface area contributed by atoms with Crippen LogP contribution in [0.2, 0.25) is 0 Å². The Morgan fingerprint density at radius 3 is 2.00 bits per heavy atom. The molecule has 0 saturated heterocycles. The summed E-state index contributed by atoms with van der Waals surface area (Å²) in [5.41, 5.74) is 0.816. The first kappa shape index (κ1) is 11.9. The molecule has 84 valence electrons. The van der Waals surface area contributed by atoms with Crippen LogP contribution < -0.4 is 14.2 Å². The number of ether oxygens (including phenoxy) is 3. The van der Waals surface area contributed by atoms with Crippen molar-refractivity contribution in [2.75, 3.05) is 21.3 Å². The van der Waals surface area contributed by atoms with Crippen molar-refractivity contribution in [2.24, 2.45) is 0 Å². The van der Waals surface area contributed by atoms with Gasteiger partial charge in [-0.1, -0.05) is 0 Å². The molecule has 0 unspecified atom stereocenters. The third-order valence-corrected chi connectivity index (χ3v) is 2.04. The Hall–Kier alpha value is -2.15. The zero-order chi connectivity index (χ0) is 12.0. The van der Waals surface area contributed by atoms with Gasteiger partial charge < -0.3 is 14.2 Å². The maximum atomic E-state index is 8.46. The van der Waals surface area contributed by atoms with Crippen molar-refractivity contribution in [3.63, 3.8) is 0 Å². The van der Waals surface area contributed by atoms with Gasteiger partial charge in [0.2, 0.25) is 5.75 Å². The Morgan fingerprint density at radius 2 is 1.62 bits per heavy atom. The van der Waals surface area contributed by atoms with E-state index in [9.17, 15) is 0 Å². The van der Waals surface area contributed by atoms with Crippen molar-refractivity contribution >= 4 is 6.08 Å². The van der Waals surface area contributed by atoms with Gasteiger partial charge in [-0.2, -0.15) is 5.26 Å². The van der Waals surface area contributed by atoms with E-state index in [0.29, 0.717) is 17.2 Å². The van der Waals surface area contributed by atoms with Gasteiger partial charge in [0, 0.05) is 6.08 Å². The van der Waals surface area contributed by atoms with E-state index in [0.717, 1.165) is 5.56 Å².